The maximum absolute atomic E-state index is 12.1. The van der Waals surface area contributed by atoms with Gasteiger partial charge in [0.25, 0.3) is 0 Å². The molecule has 1 aliphatic carbocycles. The van der Waals surface area contributed by atoms with Gasteiger partial charge in [-0.1, -0.05) is 44.0 Å². The summed E-state index contributed by atoms with van der Waals surface area (Å²) in [4.78, 5) is 14.2. The lowest BCUT2D eigenvalue weighted by molar-refractivity contribution is -0.128. The molecule has 3 nitrogen and oxygen atoms in total. The molecule has 3 heteroatoms. The van der Waals surface area contributed by atoms with Crippen LogP contribution < -0.4 is 5.32 Å². The van der Waals surface area contributed by atoms with Gasteiger partial charge in [0.1, 0.15) is 6.17 Å². The Kier molecular flexibility index (Phi) is 4.06. The first kappa shape index (κ1) is 13.6. The zero-order chi connectivity index (χ0) is 13.9. The quantitative estimate of drug-likeness (QED) is 0.914. The van der Waals surface area contributed by atoms with E-state index in [0.29, 0.717) is 12.5 Å². The van der Waals surface area contributed by atoms with E-state index in [-0.39, 0.29) is 12.1 Å². The SMILES string of the molecule is CCc1ccc(C2NCC(=O)N2CC2CCCC2)cc1. The first-order chi connectivity index (χ1) is 9.78. The molecule has 1 atom stereocenters. The van der Waals surface area contributed by atoms with Crippen molar-refractivity contribution in [1.29, 1.82) is 0 Å². The fourth-order valence-corrected chi connectivity index (χ4v) is 3.45. The summed E-state index contributed by atoms with van der Waals surface area (Å²) in [7, 11) is 0. The molecule has 0 bridgehead atoms. The Balaban J connectivity index is 1.74. The fourth-order valence-electron chi connectivity index (χ4n) is 3.45. The number of carbonyl (C=O) groups excluding carboxylic acids is 1. The summed E-state index contributed by atoms with van der Waals surface area (Å²) in [5.41, 5.74) is 2.56. The Morgan fingerprint density at radius 2 is 1.90 bits per heavy atom. The van der Waals surface area contributed by atoms with E-state index in [2.05, 4.69) is 41.4 Å². The van der Waals surface area contributed by atoms with Crippen LogP contribution in [0.15, 0.2) is 24.3 Å². The van der Waals surface area contributed by atoms with E-state index in [4.69, 9.17) is 0 Å². The van der Waals surface area contributed by atoms with Crippen LogP contribution in [-0.4, -0.2) is 23.9 Å². The summed E-state index contributed by atoms with van der Waals surface area (Å²) in [5.74, 6) is 0.956. The van der Waals surface area contributed by atoms with Crippen LogP contribution in [0.5, 0.6) is 0 Å². The van der Waals surface area contributed by atoms with Gasteiger partial charge in [0.05, 0.1) is 6.54 Å². The molecular weight excluding hydrogens is 248 g/mol. The third-order valence-corrected chi connectivity index (χ3v) is 4.71. The van der Waals surface area contributed by atoms with Gasteiger partial charge in [-0.25, -0.2) is 0 Å². The van der Waals surface area contributed by atoms with E-state index >= 15 is 0 Å². The second kappa shape index (κ2) is 5.96. The molecule has 0 radical (unpaired) electrons. The lowest BCUT2D eigenvalue weighted by Gasteiger charge is -2.27. The molecule has 1 heterocycles. The van der Waals surface area contributed by atoms with E-state index in [1.165, 1.54) is 36.8 Å². The molecule has 0 aromatic heterocycles. The second-order valence-electron chi connectivity index (χ2n) is 6.08. The van der Waals surface area contributed by atoms with Crippen molar-refractivity contribution in [3.63, 3.8) is 0 Å². The van der Waals surface area contributed by atoms with Crippen molar-refractivity contribution < 1.29 is 4.79 Å². The van der Waals surface area contributed by atoms with Crippen molar-refractivity contribution in [2.24, 2.45) is 5.92 Å². The largest absolute Gasteiger partial charge is 0.322 e. The Morgan fingerprint density at radius 1 is 1.20 bits per heavy atom. The molecule has 3 rings (SSSR count). The van der Waals surface area contributed by atoms with Crippen LogP contribution in [0.25, 0.3) is 0 Å². The summed E-state index contributed by atoms with van der Waals surface area (Å²) >= 11 is 0. The number of benzene rings is 1. The van der Waals surface area contributed by atoms with Gasteiger partial charge in [-0.3, -0.25) is 10.1 Å². The molecule has 2 aliphatic rings. The number of hydrogen-bond donors (Lipinski definition) is 1. The lowest BCUT2D eigenvalue weighted by Crippen LogP contribution is -2.34. The minimum atomic E-state index is 0.0778. The molecule has 1 aromatic rings. The van der Waals surface area contributed by atoms with Crippen LogP contribution in [0.3, 0.4) is 0 Å². The zero-order valence-electron chi connectivity index (χ0n) is 12.3. The molecule has 1 aliphatic heterocycles. The number of carbonyl (C=O) groups is 1. The van der Waals surface area contributed by atoms with Crippen LogP contribution >= 0.6 is 0 Å². The van der Waals surface area contributed by atoms with Gasteiger partial charge in [0.15, 0.2) is 0 Å². The molecule has 1 unspecified atom stereocenters. The highest BCUT2D eigenvalue weighted by Crippen LogP contribution is 2.30. The normalized spacial score (nSPS) is 23.8. The van der Waals surface area contributed by atoms with Crippen LogP contribution in [0.4, 0.5) is 0 Å². The molecule has 1 N–H and O–H groups in total. The van der Waals surface area contributed by atoms with Gasteiger partial charge in [0, 0.05) is 6.54 Å². The Bertz CT molecular complexity index is 462. The van der Waals surface area contributed by atoms with Crippen molar-refractivity contribution in [2.75, 3.05) is 13.1 Å². The zero-order valence-corrected chi connectivity index (χ0v) is 12.3. The molecule has 0 spiro atoms. The predicted octanol–water partition coefficient (Wildman–Crippen LogP) is 2.87. The summed E-state index contributed by atoms with van der Waals surface area (Å²) < 4.78 is 0. The molecule has 2 fully saturated rings. The molecule has 1 saturated heterocycles. The van der Waals surface area contributed by atoms with E-state index in [9.17, 15) is 4.79 Å². The Hall–Kier alpha value is -1.35. The van der Waals surface area contributed by atoms with Crippen molar-refractivity contribution in [2.45, 2.75) is 45.2 Å². The number of nitrogens with one attached hydrogen (secondary N) is 1. The topological polar surface area (TPSA) is 32.3 Å². The van der Waals surface area contributed by atoms with Crippen LogP contribution in [0.2, 0.25) is 0 Å². The first-order valence-electron chi connectivity index (χ1n) is 7.89. The predicted molar refractivity (Wildman–Crippen MR) is 80.2 cm³/mol. The van der Waals surface area contributed by atoms with E-state index < -0.39 is 0 Å². The Morgan fingerprint density at radius 3 is 2.55 bits per heavy atom. The first-order valence-corrected chi connectivity index (χ1v) is 7.89. The summed E-state index contributed by atoms with van der Waals surface area (Å²) in [6.07, 6.45) is 6.36. The van der Waals surface area contributed by atoms with Gasteiger partial charge >= 0.3 is 0 Å². The molecule has 108 valence electrons. The molecule has 1 amide bonds. The van der Waals surface area contributed by atoms with Gasteiger partial charge in [-0.2, -0.15) is 0 Å². The molecule has 1 saturated carbocycles. The van der Waals surface area contributed by atoms with Crippen molar-refractivity contribution >= 4 is 5.91 Å². The maximum Gasteiger partial charge on any atom is 0.238 e. The molecule has 1 aromatic carbocycles. The number of amides is 1. The van der Waals surface area contributed by atoms with E-state index in [1.54, 1.807) is 0 Å². The average Bonchev–Trinajstić information content (AvgIpc) is 3.11. The highest BCUT2D eigenvalue weighted by Gasteiger charge is 2.33. The van der Waals surface area contributed by atoms with Crippen LogP contribution in [0, 0.1) is 5.92 Å². The highest BCUT2D eigenvalue weighted by atomic mass is 16.2. The monoisotopic (exact) mass is 272 g/mol. The molecule has 20 heavy (non-hydrogen) atoms. The van der Waals surface area contributed by atoms with Crippen LogP contribution in [-0.2, 0) is 11.2 Å². The Labute approximate surface area is 121 Å². The lowest BCUT2D eigenvalue weighted by atomic mass is 10.0. The van der Waals surface area contributed by atoms with Crippen molar-refractivity contribution in [3.05, 3.63) is 35.4 Å². The van der Waals surface area contributed by atoms with Crippen molar-refractivity contribution in [1.82, 2.24) is 10.2 Å². The fraction of sp³-hybridized carbons (Fsp3) is 0.588. The minimum absolute atomic E-state index is 0.0778. The van der Waals surface area contributed by atoms with Gasteiger partial charge in [-0.15, -0.1) is 0 Å². The van der Waals surface area contributed by atoms with E-state index in [1.807, 2.05) is 0 Å². The molecular formula is C17H24N2O. The smallest absolute Gasteiger partial charge is 0.238 e. The third-order valence-electron chi connectivity index (χ3n) is 4.71. The summed E-state index contributed by atoms with van der Waals surface area (Å²) in [6, 6.07) is 8.68. The van der Waals surface area contributed by atoms with E-state index in [0.717, 1.165) is 13.0 Å². The minimum Gasteiger partial charge on any atom is -0.322 e. The maximum atomic E-state index is 12.1. The average molecular weight is 272 g/mol. The number of hydrogen-bond acceptors (Lipinski definition) is 2. The van der Waals surface area contributed by atoms with Crippen LogP contribution in [0.1, 0.15) is 49.9 Å². The summed E-state index contributed by atoms with van der Waals surface area (Å²) in [6.45, 7) is 3.57. The van der Waals surface area contributed by atoms with Gasteiger partial charge in [-0.05, 0) is 36.3 Å². The van der Waals surface area contributed by atoms with Gasteiger partial charge < -0.3 is 4.90 Å². The second-order valence-corrected chi connectivity index (χ2v) is 6.08. The van der Waals surface area contributed by atoms with Crippen molar-refractivity contribution in [3.8, 4) is 0 Å². The highest BCUT2D eigenvalue weighted by molar-refractivity contribution is 5.81. The van der Waals surface area contributed by atoms with Gasteiger partial charge in [0.2, 0.25) is 5.91 Å². The standard InChI is InChI=1S/C17H24N2O/c1-2-13-7-9-15(10-8-13)17-18-11-16(20)19(17)12-14-5-3-4-6-14/h7-10,14,17-18H,2-6,11-12H2,1H3. The number of aryl methyl sites for hydroxylation is 1. The third kappa shape index (κ3) is 2.73. The number of rotatable bonds is 4. The summed E-state index contributed by atoms with van der Waals surface area (Å²) in [5, 5.41) is 3.36. The number of nitrogens with zero attached hydrogens (tertiary/aromatic N) is 1.